The van der Waals surface area contributed by atoms with Gasteiger partial charge < -0.3 is 9.80 Å². The van der Waals surface area contributed by atoms with Gasteiger partial charge in [-0.1, -0.05) is 56.8 Å². The molecule has 0 aliphatic carbocycles. The van der Waals surface area contributed by atoms with Crippen LogP contribution in [0.5, 0.6) is 0 Å². The number of aliphatic imine (C=N–C) groups is 1. The highest BCUT2D eigenvalue weighted by Crippen LogP contribution is 2.31. The van der Waals surface area contributed by atoms with Crippen LogP contribution in [0, 0.1) is 5.92 Å². The number of likely N-dealkylation sites (N-methyl/N-ethyl adjacent to an activating group) is 1. The van der Waals surface area contributed by atoms with Crippen LogP contribution >= 0.6 is 23.2 Å². The summed E-state index contributed by atoms with van der Waals surface area (Å²) in [6, 6.07) is 3.93. The quantitative estimate of drug-likeness (QED) is 0.409. The highest BCUT2D eigenvalue weighted by Gasteiger charge is 2.29. The van der Waals surface area contributed by atoms with E-state index in [1.807, 2.05) is 57.0 Å². The first-order valence-corrected chi connectivity index (χ1v) is 12.0. The Morgan fingerprint density at radius 2 is 1.85 bits per heavy atom. The molecule has 1 fully saturated rings. The highest BCUT2D eigenvalue weighted by atomic mass is 35.5. The van der Waals surface area contributed by atoms with Crippen molar-refractivity contribution in [2.45, 2.75) is 33.6 Å². The minimum Gasteiger partial charge on any atom is -0.342 e. The van der Waals surface area contributed by atoms with E-state index >= 15 is 0 Å². The lowest BCUT2D eigenvalue weighted by molar-refractivity contribution is 0.264. The van der Waals surface area contributed by atoms with Crippen molar-refractivity contribution in [2.24, 2.45) is 10.9 Å². The molecule has 176 valence electrons. The van der Waals surface area contributed by atoms with Gasteiger partial charge in [0.2, 0.25) is 5.96 Å². The van der Waals surface area contributed by atoms with Crippen molar-refractivity contribution in [1.29, 1.82) is 0 Å². The predicted octanol–water partition coefficient (Wildman–Crippen LogP) is 7.35. The molecular weight excluding hydrogens is 451 g/mol. The van der Waals surface area contributed by atoms with Crippen molar-refractivity contribution in [3.05, 3.63) is 95.0 Å². The highest BCUT2D eigenvalue weighted by molar-refractivity contribution is 6.41. The number of hydrogen-bond donors (Lipinski definition) is 0. The van der Waals surface area contributed by atoms with E-state index in [0.29, 0.717) is 16.0 Å². The van der Waals surface area contributed by atoms with Crippen molar-refractivity contribution in [1.82, 2.24) is 14.8 Å². The van der Waals surface area contributed by atoms with Crippen LogP contribution in [0.25, 0.3) is 5.70 Å². The fraction of sp³-hybridized carbons (Fsp3) is 0.333. The van der Waals surface area contributed by atoms with Crippen LogP contribution in [-0.2, 0) is 0 Å². The number of piperidine rings is 1. The molecular formula is C27H34Cl2N4. The monoisotopic (exact) mass is 484 g/mol. The van der Waals surface area contributed by atoms with Gasteiger partial charge in [0.25, 0.3) is 0 Å². The molecule has 1 saturated heterocycles. The van der Waals surface area contributed by atoms with Crippen LogP contribution in [0.3, 0.4) is 0 Å². The van der Waals surface area contributed by atoms with Crippen molar-refractivity contribution in [3.63, 3.8) is 0 Å². The fourth-order valence-corrected chi connectivity index (χ4v) is 4.06. The smallest absolute Gasteiger partial charge is 0.206 e. The minimum absolute atomic E-state index is 0.302. The number of nitrogens with zero attached hydrogens (tertiary/aromatic N) is 4. The Morgan fingerprint density at radius 1 is 1.18 bits per heavy atom. The van der Waals surface area contributed by atoms with Gasteiger partial charge >= 0.3 is 0 Å². The van der Waals surface area contributed by atoms with Crippen molar-refractivity contribution >= 4 is 34.9 Å². The maximum atomic E-state index is 6.27. The van der Waals surface area contributed by atoms with Crippen LogP contribution in [0.15, 0.2) is 94.4 Å². The molecule has 0 amide bonds. The lowest BCUT2D eigenvalue weighted by atomic mass is 9.87. The fourth-order valence-electron chi connectivity index (χ4n) is 3.77. The molecule has 1 unspecified atom stereocenters. The second-order valence-corrected chi connectivity index (χ2v) is 8.58. The number of guanidine groups is 1. The normalized spacial score (nSPS) is 19.6. The molecule has 0 spiro atoms. The molecule has 6 heteroatoms. The van der Waals surface area contributed by atoms with Gasteiger partial charge in [-0.25, -0.2) is 4.99 Å². The third-order valence-electron chi connectivity index (χ3n) is 5.68. The summed E-state index contributed by atoms with van der Waals surface area (Å²) in [6.07, 6.45) is 11.1. The number of rotatable bonds is 5. The van der Waals surface area contributed by atoms with E-state index in [0.717, 1.165) is 60.0 Å². The Hall–Kier alpha value is -2.56. The van der Waals surface area contributed by atoms with E-state index in [-0.39, 0.29) is 0 Å². The van der Waals surface area contributed by atoms with Gasteiger partial charge in [0.1, 0.15) is 0 Å². The van der Waals surface area contributed by atoms with E-state index in [1.165, 1.54) is 6.08 Å². The summed E-state index contributed by atoms with van der Waals surface area (Å²) in [5.41, 5.74) is 4.93. The zero-order valence-corrected chi connectivity index (χ0v) is 21.6. The van der Waals surface area contributed by atoms with E-state index in [1.54, 1.807) is 12.4 Å². The Bertz CT molecular complexity index is 1000. The molecule has 3 rings (SSSR count). The SMILES string of the molecule is C=C/C(Cl)=C(Cl)\C=C(/C)C(=C)C1CCCN(C2=NC(c3ccncc3)=CC(=C)N2C)C1.CC. The largest absolute Gasteiger partial charge is 0.342 e. The van der Waals surface area contributed by atoms with E-state index < -0.39 is 0 Å². The van der Waals surface area contributed by atoms with Gasteiger partial charge in [0, 0.05) is 49.7 Å². The summed E-state index contributed by atoms with van der Waals surface area (Å²) in [6.45, 7) is 20.0. The molecule has 2 aliphatic heterocycles. The zero-order chi connectivity index (χ0) is 24.5. The Kier molecular flexibility index (Phi) is 10.2. The van der Waals surface area contributed by atoms with E-state index in [2.05, 4.69) is 29.6 Å². The zero-order valence-electron chi connectivity index (χ0n) is 20.1. The Morgan fingerprint density at radius 3 is 2.48 bits per heavy atom. The van der Waals surface area contributed by atoms with Gasteiger partial charge in [-0.2, -0.15) is 0 Å². The number of aromatic nitrogens is 1. The third kappa shape index (κ3) is 6.72. The van der Waals surface area contributed by atoms with Crippen LogP contribution < -0.4 is 0 Å². The van der Waals surface area contributed by atoms with Crippen LogP contribution in [-0.4, -0.2) is 40.9 Å². The summed E-state index contributed by atoms with van der Waals surface area (Å²) >= 11 is 12.3. The summed E-state index contributed by atoms with van der Waals surface area (Å²) in [7, 11) is 2.01. The maximum absolute atomic E-state index is 6.27. The van der Waals surface area contributed by atoms with Crippen molar-refractivity contribution in [2.75, 3.05) is 20.1 Å². The predicted molar refractivity (Wildman–Crippen MR) is 144 cm³/mol. The number of likely N-dealkylation sites (tertiary alicyclic amines) is 1. The average molecular weight is 486 g/mol. The molecule has 33 heavy (non-hydrogen) atoms. The number of hydrogen-bond acceptors (Lipinski definition) is 4. The van der Waals surface area contributed by atoms with Gasteiger partial charge in [-0.15, -0.1) is 0 Å². The topological polar surface area (TPSA) is 31.7 Å². The number of allylic oxidation sites excluding steroid dienone is 6. The molecule has 0 aromatic carbocycles. The summed E-state index contributed by atoms with van der Waals surface area (Å²) < 4.78 is 0. The standard InChI is InChI=1S/C25H28Cl2N4.C2H6/c1-6-22(26)23(27)14-17(2)19(4)21-8-7-13-31(16-21)25-29-24(15-18(3)30(25)5)20-9-11-28-12-10-20;1-2/h6,9-12,14-15,21H,1,3-4,7-8,13,16H2,2,5H3;1-2H3/b17-14+,23-22-;. The number of pyridine rings is 1. The second-order valence-electron chi connectivity index (χ2n) is 7.77. The Labute approximate surface area is 209 Å². The molecule has 0 N–H and O–H groups in total. The summed E-state index contributed by atoms with van der Waals surface area (Å²) in [5, 5.41) is 0.911. The van der Waals surface area contributed by atoms with Crippen LogP contribution in [0.4, 0.5) is 0 Å². The summed E-state index contributed by atoms with van der Waals surface area (Å²) in [5.74, 6) is 1.21. The molecule has 3 heterocycles. The lowest BCUT2D eigenvalue weighted by Crippen LogP contribution is -2.47. The molecule has 2 aliphatic rings. The van der Waals surface area contributed by atoms with E-state index in [4.69, 9.17) is 28.2 Å². The van der Waals surface area contributed by atoms with Crippen LogP contribution in [0.2, 0.25) is 0 Å². The first-order valence-electron chi connectivity index (χ1n) is 11.2. The molecule has 0 bridgehead atoms. The van der Waals surface area contributed by atoms with Gasteiger partial charge in [-0.3, -0.25) is 4.98 Å². The van der Waals surface area contributed by atoms with Gasteiger partial charge in [-0.05, 0) is 61.3 Å². The molecule has 1 aromatic heterocycles. The first-order chi connectivity index (χ1) is 15.8. The maximum Gasteiger partial charge on any atom is 0.206 e. The van der Waals surface area contributed by atoms with Crippen molar-refractivity contribution < 1.29 is 0 Å². The summed E-state index contributed by atoms with van der Waals surface area (Å²) in [4.78, 5) is 13.4. The van der Waals surface area contributed by atoms with Crippen molar-refractivity contribution in [3.8, 4) is 0 Å². The molecule has 1 aromatic rings. The minimum atomic E-state index is 0.302. The third-order valence-corrected chi connectivity index (χ3v) is 6.45. The van der Waals surface area contributed by atoms with Gasteiger partial charge in [0.05, 0.1) is 15.8 Å². The van der Waals surface area contributed by atoms with Crippen LogP contribution in [0.1, 0.15) is 39.2 Å². The Balaban J connectivity index is 0.00000187. The first kappa shape index (κ1) is 26.7. The van der Waals surface area contributed by atoms with Gasteiger partial charge in [0.15, 0.2) is 0 Å². The second kappa shape index (κ2) is 12.6. The molecule has 0 radical (unpaired) electrons. The number of halogens is 2. The molecule has 4 nitrogen and oxygen atoms in total. The average Bonchev–Trinajstić information content (AvgIpc) is 2.86. The van der Waals surface area contributed by atoms with E-state index in [9.17, 15) is 0 Å². The molecule has 1 atom stereocenters. The lowest BCUT2D eigenvalue weighted by Gasteiger charge is -2.40. The molecule has 0 saturated carbocycles.